The van der Waals surface area contributed by atoms with E-state index in [1.807, 2.05) is 6.07 Å². The van der Waals surface area contributed by atoms with E-state index in [-0.39, 0.29) is 52.5 Å². The molecule has 1 saturated heterocycles. The lowest BCUT2D eigenvalue weighted by Crippen LogP contribution is -2.43. The Balaban J connectivity index is 1.63. The molecule has 0 saturated carbocycles. The quantitative estimate of drug-likeness (QED) is 0.441. The number of carbonyl (C=O) groups is 2. The number of nitrogen functional groups attached to an aromatic ring is 1. The number of hydrogen-bond acceptors (Lipinski definition) is 8. The molecule has 5 N–H and O–H groups in total. The van der Waals surface area contributed by atoms with E-state index < -0.39 is 5.82 Å². The first-order chi connectivity index (χ1) is 16.9. The van der Waals surface area contributed by atoms with Crippen LogP contribution in [-0.2, 0) is 6.42 Å². The van der Waals surface area contributed by atoms with Gasteiger partial charge < -0.3 is 21.7 Å². The summed E-state index contributed by atoms with van der Waals surface area (Å²) < 4.78 is 14.6. The van der Waals surface area contributed by atoms with Crippen LogP contribution in [0.2, 0.25) is 0 Å². The van der Waals surface area contributed by atoms with Crippen LogP contribution in [0.15, 0.2) is 42.9 Å². The van der Waals surface area contributed by atoms with E-state index in [2.05, 4.69) is 25.2 Å². The van der Waals surface area contributed by atoms with Gasteiger partial charge in [0.25, 0.3) is 5.91 Å². The number of benzene rings is 1. The minimum absolute atomic E-state index is 0.00664. The first-order valence-corrected chi connectivity index (χ1v) is 11.5. The van der Waals surface area contributed by atoms with Gasteiger partial charge in [-0.1, -0.05) is 0 Å². The SMILES string of the molecule is CCNC(=O)c1ccc(F)c(-c2ncc(N)c(C(=O)Cc3cnccc3N3CCC[C@H](N)C3)n2)c1. The number of hydrogen-bond donors (Lipinski definition) is 3. The van der Waals surface area contributed by atoms with E-state index in [1.165, 1.54) is 24.4 Å². The van der Waals surface area contributed by atoms with Crippen molar-refractivity contribution in [3.8, 4) is 11.4 Å². The number of halogens is 1. The smallest absolute Gasteiger partial charge is 0.251 e. The molecule has 182 valence electrons. The molecule has 0 spiro atoms. The van der Waals surface area contributed by atoms with E-state index in [9.17, 15) is 14.0 Å². The Kier molecular flexibility index (Phi) is 7.31. The van der Waals surface area contributed by atoms with E-state index in [1.54, 1.807) is 19.3 Å². The first-order valence-electron chi connectivity index (χ1n) is 11.5. The zero-order valence-corrected chi connectivity index (χ0v) is 19.5. The van der Waals surface area contributed by atoms with Crippen molar-refractivity contribution in [2.75, 3.05) is 30.3 Å². The second kappa shape index (κ2) is 10.6. The number of anilines is 2. The molecule has 1 fully saturated rings. The highest BCUT2D eigenvalue weighted by Gasteiger charge is 2.23. The van der Waals surface area contributed by atoms with Crippen LogP contribution < -0.4 is 21.7 Å². The molecule has 1 amide bonds. The maximum atomic E-state index is 14.6. The maximum Gasteiger partial charge on any atom is 0.251 e. The number of carbonyl (C=O) groups excluding carboxylic acids is 2. The van der Waals surface area contributed by atoms with Crippen molar-refractivity contribution in [1.82, 2.24) is 20.3 Å². The molecule has 1 aliphatic rings. The third-order valence-corrected chi connectivity index (χ3v) is 5.92. The number of ketones is 1. The zero-order chi connectivity index (χ0) is 24.9. The van der Waals surface area contributed by atoms with Crippen molar-refractivity contribution in [3.63, 3.8) is 0 Å². The van der Waals surface area contributed by atoms with Gasteiger partial charge >= 0.3 is 0 Å². The van der Waals surface area contributed by atoms with Gasteiger partial charge in [0.15, 0.2) is 11.6 Å². The molecule has 0 radical (unpaired) electrons. The molecule has 0 unspecified atom stereocenters. The number of piperidine rings is 1. The van der Waals surface area contributed by atoms with Gasteiger partial charge in [0.05, 0.1) is 17.4 Å². The minimum atomic E-state index is -0.614. The summed E-state index contributed by atoms with van der Waals surface area (Å²) in [6.07, 6.45) is 6.57. The normalized spacial score (nSPS) is 15.6. The predicted molar refractivity (Wildman–Crippen MR) is 132 cm³/mol. The Morgan fingerprint density at radius 3 is 2.86 bits per heavy atom. The molecule has 2 aromatic heterocycles. The van der Waals surface area contributed by atoms with Gasteiger partial charge in [0, 0.05) is 61.3 Å². The second-order valence-corrected chi connectivity index (χ2v) is 8.50. The average Bonchev–Trinajstić information content (AvgIpc) is 2.85. The number of nitrogens with one attached hydrogen (secondary N) is 1. The van der Waals surface area contributed by atoms with Crippen LogP contribution in [0, 0.1) is 5.82 Å². The standard InChI is InChI=1S/C25H28FN7O2/c1-2-30-25(35)15-5-6-19(26)18(10-15)24-31-13-20(28)23(32-24)22(34)11-16-12-29-8-7-21(16)33-9-3-4-17(27)14-33/h5-8,10,12-13,17H,2-4,9,11,14,27-28H2,1H3,(H,30,35)/t17-/m0/s1. The number of rotatable bonds is 7. The van der Waals surface area contributed by atoms with Gasteiger partial charge in [-0.15, -0.1) is 0 Å². The van der Waals surface area contributed by atoms with Crippen LogP contribution >= 0.6 is 0 Å². The highest BCUT2D eigenvalue weighted by Crippen LogP contribution is 2.26. The third kappa shape index (κ3) is 5.43. The summed E-state index contributed by atoms with van der Waals surface area (Å²) in [6.45, 7) is 3.77. The van der Waals surface area contributed by atoms with Crippen LogP contribution in [0.5, 0.6) is 0 Å². The van der Waals surface area contributed by atoms with Crippen LogP contribution in [-0.4, -0.2) is 52.3 Å². The molecular formula is C25H28FN7O2. The summed E-state index contributed by atoms with van der Waals surface area (Å²) in [4.78, 5) is 40.2. The predicted octanol–water partition coefficient (Wildman–Crippen LogP) is 2.36. The summed E-state index contributed by atoms with van der Waals surface area (Å²) in [5.74, 6) is -1.33. The molecule has 9 nitrogen and oxygen atoms in total. The second-order valence-electron chi connectivity index (χ2n) is 8.50. The number of nitrogens with two attached hydrogens (primary N) is 2. The largest absolute Gasteiger partial charge is 0.396 e. The van der Waals surface area contributed by atoms with Gasteiger partial charge in [-0.3, -0.25) is 14.6 Å². The van der Waals surface area contributed by atoms with Crippen LogP contribution in [0.4, 0.5) is 15.8 Å². The summed E-state index contributed by atoms with van der Waals surface area (Å²) in [5, 5.41) is 2.67. The van der Waals surface area contributed by atoms with Crippen molar-refractivity contribution in [2.45, 2.75) is 32.2 Å². The highest BCUT2D eigenvalue weighted by atomic mass is 19.1. The van der Waals surface area contributed by atoms with Crippen molar-refractivity contribution < 1.29 is 14.0 Å². The lowest BCUT2D eigenvalue weighted by molar-refractivity contribution is 0.0954. The fourth-order valence-corrected chi connectivity index (χ4v) is 4.19. The summed E-state index contributed by atoms with van der Waals surface area (Å²) in [7, 11) is 0. The van der Waals surface area contributed by atoms with Crippen LogP contribution in [0.1, 0.15) is 46.2 Å². The molecule has 0 aliphatic carbocycles. The molecular weight excluding hydrogens is 449 g/mol. The number of nitrogens with zero attached hydrogens (tertiary/aromatic N) is 4. The van der Waals surface area contributed by atoms with Crippen LogP contribution in [0.3, 0.4) is 0 Å². The number of pyridine rings is 1. The molecule has 1 aromatic carbocycles. The first kappa shape index (κ1) is 24.2. The molecule has 1 atom stereocenters. The highest BCUT2D eigenvalue weighted by molar-refractivity contribution is 6.01. The van der Waals surface area contributed by atoms with Crippen molar-refractivity contribution in [1.29, 1.82) is 0 Å². The Hall–Kier alpha value is -3.92. The molecule has 1 aliphatic heterocycles. The summed E-state index contributed by atoms with van der Waals surface area (Å²) in [5.41, 5.74) is 14.1. The molecule has 35 heavy (non-hydrogen) atoms. The van der Waals surface area contributed by atoms with Crippen molar-refractivity contribution in [2.24, 2.45) is 5.73 Å². The fourth-order valence-electron chi connectivity index (χ4n) is 4.19. The Morgan fingerprint density at radius 2 is 2.09 bits per heavy atom. The van der Waals surface area contributed by atoms with Gasteiger partial charge in [-0.05, 0) is 44.0 Å². The van der Waals surface area contributed by atoms with E-state index in [0.29, 0.717) is 13.1 Å². The van der Waals surface area contributed by atoms with E-state index in [0.717, 1.165) is 30.6 Å². The number of amides is 1. The topological polar surface area (TPSA) is 140 Å². The third-order valence-electron chi connectivity index (χ3n) is 5.92. The fraction of sp³-hybridized carbons (Fsp3) is 0.320. The van der Waals surface area contributed by atoms with Gasteiger partial charge in [0.2, 0.25) is 0 Å². The molecule has 3 aromatic rings. The maximum absolute atomic E-state index is 14.6. The average molecular weight is 478 g/mol. The number of aromatic nitrogens is 3. The Morgan fingerprint density at radius 1 is 1.26 bits per heavy atom. The monoisotopic (exact) mass is 477 g/mol. The van der Waals surface area contributed by atoms with Gasteiger partial charge in [-0.2, -0.15) is 0 Å². The lowest BCUT2D eigenvalue weighted by Gasteiger charge is -2.33. The Bertz CT molecular complexity index is 1250. The molecule has 10 heteroatoms. The minimum Gasteiger partial charge on any atom is -0.396 e. The number of Topliss-reactive ketones (excluding diaryl/α,β-unsaturated/α-hetero) is 1. The van der Waals surface area contributed by atoms with Crippen LogP contribution in [0.25, 0.3) is 11.4 Å². The Labute approximate surface area is 202 Å². The van der Waals surface area contributed by atoms with Gasteiger partial charge in [-0.25, -0.2) is 14.4 Å². The lowest BCUT2D eigenvalue weighted by atomic mass is 10.0. The molecule has 4 rings (SSSR count). The van der Waals surface area contributed by atoms with Gasteiger partial charge in [0.1, 0.15) is 11.5 Å². The molecule has 0 bridgehead atoms. The summed E-state index contributed by atoms with van der Waals surface area (Å²) >= 11 is 0. The summed E-state index contributed by atoms with van der Waals surface area (Å²) in [6, 6.07) is 5.86. The van der Waals surface area contributed by atoms with Crippen molar-refractivity contribution >= 4 is 23.1 Å². The van der Waals surface area contributed by atoms with E-state index in [4.69, 9.17) is 11.5 Å². The zero-order valence-electron chi connectivity index (χ0n) is 19.5. The van der Waals surface area contributed by atoms with E-state index >= 15 is 0 Å². The molecule has 3 heterocycles. The van der Waals surface area contributed by atoms with Crippen molar-refractivity contribution in [3.05, 3.63) is 65.5 Å².